The Balaban J connectivity index is 2.29. The maximum atomic E-state index is 11.4. The van der Waals surface area contributed by atoms with Crippen molar-refractivity contribution in [2.75, 3.05) is 13.7 Å². The highest BCUT2D eigenvalue weighted by Gasteiger charge is 2.15. The molecule has 1 heterocycles. The molecule has 0 saturated carbocycles. The van der Waals surface area contributed by atoms with Crippen LogP contribution in [0.3, 0.4) is 0 Å². The third-order valence-corrected chi connectivity index (χ3v) is 2.88. The number of carbonyl (C=O) groups excluding carboxylic acids is 2. The molecular weight excluding hydrogens is 240 g/mol. The van der Waals surface area contributed by atoms with Crippen LogP contribution in [0, 0.1) is 0 Å². The molecule has 6 heteroatoms. The van der Waals surface area contributed by atoms with Gasteiger partial charge in [-0.2, -0.15) is 0 Å². The molecule has 1 atom stereocenters. The molecule has 0 radical (unpaired) electrons. The van der Waals surface area contributed by atoms with E-state index in [9.17, 15) is 9.59 Å². The molecule has 2 N–H and O–H groups in total. The monoisotopic (exact) mass is 256 g/mol. The van der Waals surface area contributed by atoms with Crippen LogP contribution in [0.4, 0.5) is 0 Å². The minimum absolute atomic E-state index is 0.181. The molecule has 0 bridgehead atoms. The first-order chi connectivity index (χ1) is 8.13. The summed E-state index contributed by atoms with van der Waals surface area (Å²) >= 11 is 1.53. The number of thiophene rings is 1. The van der Waals surface area contributed by atoms with Crippen LogP contribution in [0.15, 0.2) is 17.5 Å². The van der Waals surface area contributed by atoms with E-state index in [1.807, 2.05) is 17.5 Å². The van der Waals surface area contributed by atoms with E-state index in [2.05, 4.69) is 10.6 Å². The average Bonchev–Trinajstić information content (AvgIpc) is 2.78. The molecule has 0 saturated heterocycles. The average molecular weight is 256 g/mol. The van der Waals surface area contributed by atoms with E-state index in [-0.39, 0.29) is 6.04 Å². The van der Waals surface area contributed by atoms with E-state index in [4.69, 9.17) is 4.74 Å². The summed E-state index contributed by atoms with van der Waals surface area (Å²) in [4.78, 5) is 23.8. The molecular formula is C11H16N2O3S. The standard InChI is InChI=1S/C11H16N2O3S/c1-8(7-16-2)13-11(15)10(14)12-6-9-4-3-5-17-9/h3-5,8H,6-7H2,1-2H3,(H,12,14)(H,13,15). The third kappa shape index (κ3) is 4.97. The summed E-state index contributed by atoms with van der Waals surface area (Å²) in [6, 6.07) is 3.61. The first-order valence-corrected chi connectivity index (χ1v) is 6.11. The van der Waals surface area contributed by atoms with Gasteiger partial charge in [-0.15, -0.1) is 11.3 Å². The van der Waals surface area contributed by atoms with Gasteiger partial charge in [-0.05, 0) is 18.4 Å². The van der Waals surface area contributed by atoms with Crippen molar-refractivity contribution in [2.45, 2.75) is 19.5 Å². The largest absolute Gasteiger partial charge is 0.383 e. The summed E-state index contributed by atoms with van der Waals surface area (Å²) in [7, 11) is 1.54. The highest BCUT2D eigenvalue weighted by atomic mass is 32.1. The number of ether oxygens (including phenoxy) is 1. The van der Waals surface area contributed by atoms with Gasteiger partial charge in [0.1, 0.15) is 0 Å². The Hall–Kier alpha value is -1.40. The van der Waals surface area contributed by atoms with Gasteiger partial charge in [0, 0.05) is 18.0 Å². The van der Waals surface area contributed by atoms with Crippen LogP contribution < -0.4 is 10.6 Å². The minimum Gasteiger partial charge on any atom is -0.383 e. The fourth-order valence-corrected chi connectivity index (χ4v) is 1.89. The van der Waals surface area contributed by atoms with Gasteiger partial charge in [0.25, 0.3) is 0 Å². The van der Waals surface area contributed by atoms with Crippen molar-refractivity contribution in [3.63, 3.8) is 0 Å². The predicted octanol–water partition coefficient (Wildman–Crippen LogP) is 0.515. The van der Waals surface area contributed by atoms with E-state index in [1.54, 1.807) is 14.0 Å². The lowest BCUT2D eigenvalue weighted by atomic mass is 10.3. The normalized spacial score (nSPS) is 11.9. The van der Waals surface area contributed by atoms with Crippen LogP contribution in [0.2, 0.25) is 0 Å². The first-order valence-electron chi connectivity index (χ1n) is 5.23. The maximum Gasteiger partial charge on any atom is 0.309 e. The highest BCUT2D eigenvalue weighted by Crippen LogP contribution is 2.06. The number of hydrogen-bond acceptors (Lipinski definition) is 4. The summed E-state index contributed by atoms with van der Waals surface area (Å²) in [5.41, 5.74) is 0. The van der Waals surface area contributed by atoms with Gasteiger partial charge in [0.05, 0.1) is 13.2 Å². The predicted molar refractivity (Wildman–Crippen MR) is 65.6 cm³/mol. The molecule has 0 spiro atoms. The third-order valence-electron chi connectivity index (χ3n) is 2.00. The van der Waals surface area contributed by atoms with E-state index in [0.29, 0.717) is 13.2 Å². The summed E-state index contributed by atoms with van der Waals surface area (Å²) in [5.74, 6) is -1.26. The van der Waals surface area contributed by atoms with E-state index in [0.717, 1.165) is 4.88 Å². The van der Waals surface area contributed by atoms with E-state index < -0.39 is 11.8 Å². The van der Waals surface area contributed by atoms with Gasteiger partial charge in [0.15, 0.2) is 0 Å². The molecule has 1 aromatic rings. The van der Waals surface area contributed by atoms with Gasteiger partial charge in [-0.1, -0.05) is 6.07 Å². The Kier molecular flexibility index (Phi) is 5.65. The number of methoxy groups -OCH3 is 1. The van der Waals surface area contributed by atoms with Gasteiger partial charge in [0.2, 0.25) is 0 Å². The molecule has 17 heavy (non-hydrogen) atoms. The van der Waals surface area contributed by atoms with E-state index in [1.165, 1.54) is 11.3 Å². The number of carbonyl (C=O) groups is 2. The van der Waals surface area contributed by atoms with Crippen molar-refractivity contribution in [3.8, 4) is 0 Å². The molecule has 94 valence electrons. The second-order valence-electron chi connectivity index (χ2n) is 3.59. The molecule has 1 aromatic heterocycles. The van der Waals surface area contributed by atoms with Crippen LogP contribution in [-0.4, -0.2) is 31.6 Å². The molecule has 0 aromatic carbocycles. The lowest BCUT2D eigenvalue weighted by Crippen LogP contribution is -2.44. The zero-order valence-electron chi connectivity index (χ0n) is 9.86. The summed E-state index contributed by atoms with van der Waals surface area (Å²) < 4.78 is 4.86. The summed E-state index contributed by atoms with van der Waals surface area (Å²) in [5, 5.41) is 7.01. The number of hydrogen-bond donors (Lipinski definition) is 2. The van der Waals surface area contributed by atoms with Crippen molar-refractivity contribution in [3.05, 3.63) is 22.4 Å². The zero-order valence-corrected chi connectivity index (χ0v) is 10.7. The van der Waals surface area contributed by atoms with Crippen LogP contribution >= 0.6 is 11.3 Å². The molecule has 1 unspecified atom stereocenters. The lowest BCUT2D eigenvalue weighted by molar-refractivity contribution is -0.139. The Labute approximate surface area is 104 Å². The van der Waals surface area contributed by atoms with Gasteiger partial charge in [-0.25, -0.2) is 0 Å². The van der Waals surface area contributed by atoms with Gasteiger partial charge >= 0.3 is 11.8 Å². The van der Waals surface area contributed by atoms with Crippen LogP contribution in [-0.2, 0) is 20.9 Å². The molecule has 5 nitrogen and oxygen atoms in total. The van der Waals surface area contributed by atoms with Gasteiger partial charge in [-0.3, -0.25) is 9.59 Å². The lowest BCUT2D eigenvalue weighted by Gasteiger charge is -2.12. The highest BCUT2D eigenvalue weighted by molar-refractivity contribution is 7.09. The Bertz CT molecular complexity index is 365. The van der Waals surface area contributed by atoms with Crippen LogP contribution in [0.1, 0.15) is 11.8 Å². The number of amides is 2. The zero-order chi connectivity index (χ0) is 12.7. The SMILES string of the molecule is COCC(C)NC(=O)C(=O)NCc1cccs1. The summed E-state index contributed by atoms with van der Waals surface area (Å²) in [6.45, 7) is 2.53. The smallest absolute Gasteiger partial charge is 0.309 e. The molecule has 2 amide bonds. The molecule has 0 fully saturated rings. The number of rotatable bonds is 5. The Morgan fingerprint density at radius 1 is 1.47 bits per heavy atom. The van der Waals surface area contributed by atoms with E-state index >= 15 is 0 Å². The van der Waals surface area contributed by atoms with Gasteiger partial charge < -0.3 is 15.4 Å². The maximum absolute atomic E-state index is 11.4. The quantitative estimate of drug-likeness (QED) is 0.755. The fraction of sp³-hybridized carbons (Fsp3) is 0.455. The van der Waals surface area contributed by atoms with Crippen molar-refractivity contribution in [1.29, 1.82) is 0 Å². The van der Waals surface area contributed by atoms with Crippen LogP contribution in [0.25, 0.3) is 0 Å². The molecule has 1 rings (SSSR count). The molecule has 0 aliphatic heterocycles. The molecule has 0 aliphatic rings. The van der Waals surface area contributed by atoms with Crippen molar-refractivity contribution >= 4 is 23.2 Å². The van der Waals surface area contributed by atoms with Crippen molar-refractivity contribution in [1.82, 2.24) is 10.6 Å². The van der Waals surface area contributed by atoms with Crippen molar-refractivity contribution in [2.24, 2.45) is 0 Å². The van der Waals surface area contributed by atoms with Crippen LogP contribution in [0.5, 0.6) is 0 Å². The second-order valence-corrected chi connectivity index (χ2v) is 4.62. The molecule has 0 aliphatic carbocycles. The Morgan fingerprint density at radius 3 is 2.82 bits per heavy atom. The first kappa shape index (κ1) is 13.7. The Morgan fingerprint density at radius 2 is 2.24 bits per heavy atom. The summed E-state index contributed by atoms with van der Waals surface area (Å²) in [6.07, 6.45) is 0. The topological polar surface area (TPSA) is 67.4 Å². The number of nitrogens with one attached hydrogen (secondary N) is 2. The van der Waals surface area contributed by atoms with Crippen molar-refractivity contribution < 1.29 is 14.3 Å². The second kappa shape index (κ2) is 7.03. The fourth-order valence-electron chi connectivity index (χ4n) is 1.24. The minimum atomic E-state index is -0.633.